The van der Waals surface area contributed by atoms with Crippen LogP contribution in [0.5, 0.6) is 5.75 Å². The van der Waals surface area contributed by atoms with Crippen molar-refractivity contribution in [2.45, 2.75) is 32.5 Å². The van der Waals surface area contributed by atoms with Crippen molar-refractivity contribution in [2.24, 2.45) is 0 Å². The number of halogens is 1. The van der Waals surface area contributed by atoms with Crippen molar-refractivity contribution in [3.63, 3.8) is 0 Å². The van der Waals surface area contributed by atoms with Gasteiger partial charge in [0.1, 0.15) is 18.2 Å². The summed E-state index contributed by atoms with van der Waals surface area (Å²) < 4.78 is 29.0. The molecular formula is C17H20FN3O4. The Kier molecular flexibility index (Phi) is 5.60. The molecule has 2 aromatic rings. The Hall–Kier alpha value is -2.48. The molecule has 1 saturated heterocycles. The zero-order valence-corrected chi connectivity index (χ0v) is 14.0. The Morgan fingerprint density at radius 3 is 2.68 bits per heavy atom. The molecule has 0 spiro atoms. The number of nitrogens with zero attached hydrogens (tertiary/aromatic N) is 3. The second kappa shape index (κ2) is 8.06. The summed E-state index contributed by atoms with van der Waals surface area (Å²) in [4.78, 5) is 18.0. The Bertz CT molecular complexity index is 696. The van der Waals surface area contributed by atoms with Gasteiger partial charge in [-0.3, -0.25) is 4.79 Å². The van der Waals surface area contributed by atoms with Crippen LogP contribution >= 0.6 is 0 Å². The number of piperidine rings is 1. The van der Waals surface area contributed by atoms with Crippen molar-refractivity contribution in [3.8, 4) is 5.75 Å². The molecule has 1 amide bonds. The van der Waals surface area contributed by atoms with Crippen LogP contribution in [0.4, 0.5) is 4.39 Å². The maximum Gasteiger partial charge on any atom is 0.260 e. The van der Waals surface area contributed by atoms with Gasteiger partial charge in [-0.25, -0.2) is 4.39 Å². The summed E-state index contributed by atoms with van der Waals surface area (Å²) in [6.45, 7) is 3.20. The summed E-state index contributed by atoms with van der Waals surface area (Å²) in [7, 11) is 0. The summed E-state index contributed by atoms with van der Waals surface area (Å²) in [6, 6.07) is 5.60. The number of carbonyl (C=O) groups is 1. The van der Waals surface area contributed by atoms with E-state index < -0.39 is 0 Å². The first kappa shape index (κ1) is 17.3. The van der Waals surface area contributed by atoms with Gasteiger partial charge < -0.3 is 18.9 Å². The quantitative estimate of drug-likeness (QED) is 0.795. The first-order valence-electron chi connectivity index (χ1n) is 8.17. The van der Waals surface area contributed by atoms with Crippen molar-refractivity contribution in [3.05, 3.63) is 41.8 Å². The average Bonchev–Trinajstić information content (AvgIpc) is 3.05. The van der Waals surface area contributed by atoms with Crippen molar-refractivity contribution in [2.75, 3.05) is 19.7 Å². The number of rotatable bonds is 6. The topological polar surface area (TPSA) is 77.7 Å². The highest BCUT2D eigenvalue weighted by Crippen LogP contribution is 2.16. The van der Waals surface area contributed by atoms with Gasteiger partial charge in [0.25, 0.3) is 11.8 Å². The molecule has 1 aliphatic heterocycles. The van der Waals surface area contributed by atoms with E-state index in [2.05, 4.69) is 10.1 Å². The smallest absolute Gasteiger partial charge is 0.260 e. The molecule has 0 aliphatic carbocycles. The fourth-order valence-electron chi connectivity index (χ4n) is 2.63. The SMILES string of the molecule is Cc1noc(COC2CCN(C(=O)COc3ccc(F)cc3)CC2)n1. The predicted molar refractivity (Wildman–Crippen MR) is 85.3 cm³/mol. The Labute approximate surface area is 144 Å². The van der Waals surface area contributed by atoms with Crippen LogP contribution in [0.2, 0.25) is 0 Å². The number of benzene rings is 1. The van der Waals surface area contributed by atoms with Crippen molar-refractivity contribution in [1.82, 2.24) is 15.0 Å². The molecule has 25 heavy (non-hydrogen) atoms. The normalized spacial score (nSPS) is 15.4. The van der Waals surface area contributed by atoms with E-state index in [4.69, 9.17) is 14.0 Å². The van der Waals surface area contributed by atoms with Crippen molar-refractivity contribution in [1.29, 1.82) is 0 Å². The van der Waals surface area contributed by atoms with Gasteiger partial charge in [-0.1, -0.05) is 5.16 Å². The van der Waals surface area contributed by atoms with E-state index in [1.54, 1.807) is 11.8 Å². The van der Waals surface area contributed by atoms with Gasteiger partial charge in [0, 0.05) is 13.1 Å². The molecule has 134 valence electrons. The summed E-state index contributed by atoms with van der Waals surface area (Å²) in [6.07, 6.45) is 1.56. The maximum absolute atomic E-state index is 12.8. The molecular weight excluding hydrogens is 329 g/mol. The first-order chi connectivity index (χ1) is 12.1. The van der Waals surface area contributed by atoms with Crippen LogP contribution in [0.25, 0.3) is 0 Å². The average molecular weight is 349 g/mol. The second-order valence-electron chi connectivity index (χ2n) is 5.87. The third-order valence-corrected chi connectivity index (χ3v) is 3.98. The van der Waals surface area contributed by atoms with Gasteiger partial charge in [0.05, 0.1) is 6.10 Å². The summed E-state index contributed by atoms with van der Waals surface area (Å²) in [5.74, 6) is 1.10. The largest absolute Gasteiger partial charge is 0.484 e. The highest BCUT2D eigenvalue weighted by Gasteiger charge is 2.24. The molecule has 8 heteroatoms. The van der Waals surface area contributed by atoms with E-state index in [-0.39, 0.29) is 31.0 Å². The van der Waals surface area contributed by atoms with Gasteiger partial charge in [-0.05, 0) is 44.0 Å². The van der Waals surface area contributed by atoms with Gasteiger partial charge in [0.15, 0.2) is 12.4 Å². The Morgan fingerprint density at radius 1 is 1.32 bits per heavy atom. The van der Waals surface area contributed by atoms with E-state index in [0.717, 1.165) is 12.8 Å². The molecule has 0 atom stereocenters. The molecule has 1 aromatic heterocycles. The lowest BCUT2D eigenvalue weighted by Crippen LogP contribution is -2.42. The van der Waals surface area contributed by atoms with E-state index in [1.165, 1.54) is 24.3 Å². The number of carbonyl (C=O) groups excluding carboxylic acids is 1. The van der Waals surface area contributed by atoms with Crippen LogP contribution in [0, 0.1) is 12.7 Å². The zero-order valence-electron chi connectivity index (χ0n) is 14.0. The molecule has 7 nitrogen and oxygen atoms in total. The fourth-order valence-corrected chi connectivity index (χ4v) is 2.63. The lowest BCUT2D eigenvalue weighted by molar-refractivity contribution is -0.136. The van der Waals surface area contributed by atoms with E-state index in [1.807, 2.05) is 0 Å². The molecule has 2 heterocycles. The number of amides is 1. The number of likely N-dealkylation sites (tertiary alicyclic amines) is 1. The zero-order chi connectivity index (χ0) is 17.6. The molecule has 0 unspecified atom stereocenters. The van der Waals surface area contributed by atoms with Crippen LogP contribution in [-0.4, -0.2) is 46.7 Å². The monoisotopic (exact) mass is 349 g/mol. The number of hydrogen-bond donors (Lipinski definition) is 0. The summed E-state index contributed by atoms with van der Waals surface area (Å²) in [5.41, 5.74) is 0. The number of aryl methyl sites for hydroxylation is 1. The minimum atomic E-state index is -0.337. The van der Waals surface area contributed by atoms with E-state index >= 15 is 0 Å². The fraction of sp³-hybridized carbons (Fsp3) is 0.471. The van der Waals surface area contributed by atoms with Crippen molar-refractivity contribution >= 4 is 5.91 Å². The van der Waals surface area contributed by atoms with Crippen LogP contribution < -0.4 is 4.74 Å². The van der Waals surface area contributed by atoms with Crippen LogP contribution in [-0.2, 0) is 16.1 Å². The van der Waals surface area contributed by atoms with Crippen LogP contribution in [0.3, 0.4) is 0 Å². The lowest BCUT2D eigenvalue weighted by Gasteiger charge is -2.31. The first-order valence-corrected chi connectivity index (χ1v) is 8.17. The highest BCUT2D eigenvalue weighted by atomic mass is 19.1. The molecule has 3 rings (SSSR count). The number of ether oxygens (including phenoxy) is 2. The maximum atomic E-state index is 12.8. The number of hydrogen-bond acceptors (Lipinski definition) is 6. The van der Waals surface area contributed by atoms with Crippen molar-refractivity contribution < 1.29 is 23.2 Å². The molecule has 0 N–H and O–H groups in total. The number of aromatic nitrogens is 2. The minimum absolute atomic E-state index is 0.0571. The summed E-state index contributed by atoms with van der Waals surface area (Å²) >= 11 is 0. The Morgan fingerprint density at radius 2 is 2.04 bits per heavy atom. The highest BCUT2D eigenvalue weighted by molar-refractivity contribution is 5.77. The van der Waals surface area contributed by atoms with Gasteiger partial charge in [-0.2, -0.15) is 4.98 Å². The van der Waals surface area contributed by atoms with E-state index in [9.17, 15) is 9.18 Å². The standard InChI is InChI=1S/C17H20FN3O4/c1-12-19-16(25-20-12)10-23-15-6-8-21(9-7-15)17(22)11-24-14-4-2-13(18)3-5-14/h2-5,15H,6-11H2,1H3. The summed E-state index contributed by atoms with van der Waals surface area (Å²) in [5, 5.41) is 3.71. The molecule has 0 radical (unpaired) electrons. The molecule has 0 bridgehead atoms. The van der Waals surface area contributed by atoms with Crippen LogP contribution in [0.1, 0.15) is 24.6 Å². The van der Waals surface area contributed by atoms with Gasteiger partial charge in [-0.15, -0.1) is 0 Å². The van der Waals surface area contributed by atoms with Crippen LogP contribution in [0.15, 0.2) is 28.8 Å². The molecule has 1 aliphatic rings. The molecule has 0 saturated carbocycles. The van der Waals surface area contributed by atoms with Gasteiger partial charge in [0.2, 0.25) is 0 Å². The lowest BCUT2D eigenvalue weighted by atomic mass is 10.1. The van der Waals surface area contributed by atoms with Gasteiger partial charge >= 0.3 is 0 Å². The third-order valence-electron chi connectivity index (χ3n) is 3.98. The third kappa shape index (κ3) is 4.99. The molecule has 1 aromatic carbocycles. The second-order valence-corrected chi connectivity index (χ2v) is 5.87. The molecule has 1 fully saturated rings. The van der Waals surface area contributed by atoms with E-state index in [0.29, 0.717) is 30.6 Å². The Balaban J connectivity index is 1.37. The predicted octanol–water partition coefficient (Wildman–Crippen LogP) is 2.10. The minimum Gasteiger partial charge on any atom is -0.484 e.